The molecule has 1 fully saturated rings. The zero-order valence-corrected chi connectivity index (χ0v) is 9.95. The average Bonchev–Trinajstić information content (AvgIpc) is 2.54. The third kappa shape index (κ3) is 3.72. The van der Waals surface area contributed by atoms with Crippen LogP contribution in [0.2, 0.25) is 0 Å². The first-order valence-electron chi connectivity index (χ1n) is 5.73. The van der Waals surface area contributed by atoms with Gasteiger partial charge in [0.2, 0.25) is 0 Å². The maximum absolute atomic E-state index is 10.2. The number of ether oxygens (including phenoxy) is 2. The summed E-state index contributed by atoms with van der Waals surface area (Å²) < 4.78 is 10.7. The monoisotopic (exact) mass is 217 g/mol. The van der Waals surface area contributed by atoms with Gasteiger partial charge < -0.3 is 19.9 Å². The average molecular weight is 217 g/mol. The molecule has 15 heavy (non-hydrogen) atoms. The lowest BCUT2D eigenvalue weighted by molar-refractivity contribution is -0.0289. The van der Waals surface area contributed by atoms with Crippen LogP contribution in [0, 0.1) is 0 Å². The second-order valence-electron chi connectivity index (χ2n) is 4.31. The molecule has 3 unspecified atom stereocenters. The molecule has 0 radical (unpaired) electrons. The smallest absolute Gasteiger partial charge is 0.105 e. The summed E-state index contributed by atoms with van der Waals surface area (Å²) in [4.78, 5) is 0. The summed E-state index contributed by atoms with van der Waals surface area (Å²) in [6.45, 7) is 8.59. The Bertz CT molecular complexity index is 189. The van der Waals surface area contributed by atoms with Gasteiger partial charge in [-0.2, -0.15) is 0 Å². The van der Waals surface area contributed by atoms with Crippen LogP contribution in [0.3, 0.4) is 0 Å². The lowest BCUT2D eigenvalue weighted by atomic mass is 9.96. The molecule has 0 amide bonds. The van der Waals surface area contributed by atoms with E-state index in [-0.39, 0.29) is 12.1 Å². The maximum Gasteiger partial charge on any atom is 0.105 e. The van der Waals surface area contributed by atoms with Crippen LogP contribution in [0.15, 0.2) is 0 Å². The number of hydrogen-bond donors (Lipinski definition) is 2. The first-order chi connectivity index (χ1) is 7.08. The first kappa shape index (κ1) is 12.9. The Labute approximate surface area is 92.0 Å². The second kappa shape index (κ2) is 5.80. The summed E-state index contributed by atoms with van der Waals surface area (Å²) in [5, 5.41) is 13.5. The molecule has 0 aromatic rings. The molecule has 0 aromatic heterocycles. The molecule has 1 heterocycles. The molecule has 0 aromatic carbocycles. The third-order valence-corrected chi connectivity index (χ3v) is 2.99. The maximum atomic E-state index is 10.2. The van der Waals surface area contributed by atoms with Crippen LogP contribution >= 0.6 is 0 Å². The minimum absolute atomic E-state index is 0.0794. The second-order valence-corrected chi connectivity index (χ2v) is 4.31. The van der Waals surface area contributed by atoms with E-state index in [1.807, 2.05) is 13.8 Å². The fourth-order valence-corrected chi connectivity index (χ4v) is 1.71. The van der Waals surface area contributed by atoms with Gasteiger partial charge >= 0.3 is 0 Å². The van der Waals surface area contributed by atoms with Crippen LogP contribution in [0.4, 0.5) is 0 Å². The summed E-state index contributed by atoms with van der Waals surface area (Å²) >= 11 is 0. The molecule has 1 aliphatic rings. The van der Waals surface area contributed by atoms with Crippen LogP contribution < -0.4 is 5.32 Å². The van der Waals surface area contributed by atoms with Gasteiger partial charge in [0.25, 0.3) is 0 Å². The summed E-state index contributed by atoms with van der Waals surface area (Å²) in [7, 11) is 0. The predicted molar refractivity (Wildman–Crippen MR) is 58.9 cm³/mol. The normalized spacial score (nSPS) is 33.2. The van der Waals surface area contributed by atoms with Crippen molar-refractivity contribution in [2.45, 2.75) is 44.9 Å². The molecule has 1 aliphatic heterocycles. The van der Waals surface area contributed by atoms with Crippen LogP contribution in [0.5, 0.6) is 0 Å². The summed E-state index contributed by atoms with van der Waals surface area (Å²) in [6, 6.07) is 0.266. The molecule has 0 bridgehead atoms. The number of nitrogens with one attached hydrogen (secondary N) is 1. The van der Waals surface area contributed by atoms with E-state index < -0.39 is 5.60 Å². The highest BCUT2D eigenvalue weighted by atomic mass is 16.5. The molecule has 4 heteroatoms. The number of aliphatic hydroxyl groups is 1. The molecule has 0 saturated carbocycles. The zero-order valence-electron chi connectivity index (χ0n) is 9.95. The van der Waals surface area contributed by atoms with Gasteiger partial charge in [0.1, 0.15) is 5.60 Å². The Morgan fingerprint density at radius 3 is 2.93 bits per heavy atom. The SMILES string of the molecule is CCOCC(C)NCC1(O)CCOC1C. The Kier molecular flexibility index (Phi) is 4.99. The Hall–Kier alpha value is -0.160. The quantitative estimate of drug-likeness (QED) is 0.682. The van der Waals surface area contributed by atoms with Gasteiger partial charge in [0, 0.05) is 32.2 Å². The highest BCUT2D eigenvalue weighted by Gasteiger charge is 2.39. The van der Waals surface area contributed by atoms with E-state index in [4.69, 9.17) is 9.47 Å². The zero-order chi connectivity index (χ0) is 11.3. The molecule has 90 valence electrons. The van der Waals surface area contributed by atoms with Gasteiger partial charge in [0.15, 0.2) is 0 Å². The molecular weight excluding hydrogens is 194 g/mol. The van der Waals surface area contributed by atoms with Gasteiger partial charge in [-0.05, 0) is 20.8 Å². The largest absolute Gasteiger partial charge is 0.386 e. The summed E-state index contributed by atoms with van der Waals surface area (Å²) in [6.07, 6.45) is 0.631. The standard InChI is InChI=1S/C11H23NO3/c1-4-14-7-9(2)12-8-11(13)5-6-15-10(11)3/h9-10,12-13H,4-8H2,1-3H3. The van der Waals surface area contributed by atoms with Gasteiger partial charge in [-0.1, -0.05) is 0 Å². The topological polar surface area (TPSA) is 50.7 Å². The van der Waals surface area contributed by atoms with E-state index in [1.165, 1.54) is 0 Å². The van der Waals surface area contributed by atoms with Crippen molar-refractivity contribution in [2.75, 3.05) is 26.4 Å². The lowest BCUT2D eigenvalue weighted by Crippen LogP contribution is -2.48. The van der Waals surface area contributed by atoms with Crippen LogP contribution in [0.25, 0.3) is 0 Å². The number of hydrogen-bond acceptors (Lipinski definition) is 4. The van der Waals surface area contributed by atoms with E-state index in [0.717, 1.165) is 6.61 Å². The molecule has 1 saturated heterocycles. The van der Waals surface area contributed by atoms with Gasteiger partial charge in [-0.15, -0.1) is 0 Å². The summed E-state index contributed by atoms with van der Waals surface area (Å²) in [5.74, 6) is 0. The highest BCUT2D eigenvalue weighted by Crippen LogP contribution is 2.24. The van der Waals surface area contributed by atoms with Crippen molar-refractivity contribution in [3.63, 3.8) is 0 Å². The van der Waals surface area contributed by atoms with Crippen molar-refractivity contribution < 1.29 is 14.6 Å². The minimum Gasteiger partial charge on any atom is -0.386 e. The Morgan fingerprint density at radius 1 is 1.67 bits per heavy atom. The summed E-state index contributed by atoms with van der Waals surface area (Å²) in [5.41, 5.74) is -0.708. The molecule has 0 spiro atoms. The number of rotatable bonds is 6. The Morgan fingerprint density at radius 2 is 2.40 bits per heavy atom. The van der Waals surface area contributed by atoms with Crippen LogP contribution in [0.1, 0.15) is 27.2 Å². The molecule has 1 rings (SSSR count). The highest BCUT2D eigenvalue weighted by molar-refractivity contribution is 4.92. The molecule has 0 aliphatic carbocycles. The Balaban J connectivity index is 2.23. The molecular formula is C11H23NO3. The fourth-order valence-electron chi connectivity index (χ4n) is 1.71. The third-order valence-electron chi connectivity index (χ3n) is 2.99. The molecule has 3 atom stereocenters. The fraction of sp³-hybridized carbons (Fsp3) is 1.00. The molecule has 4 nitrogen and oxygen atoms in total. The van der Waals surface area contributed by atoms with Crippen molar-refractivity contribution in [1.82, 2.24) is 5.32 Å². The lowest BCUT2D eigenvalue weighted by Gasteiger charge is -2.28. The van der Waals surface area contributed by atoms with Crippen LogP contribution in [-0.4, -0.2) is 49.2 Å². The van der Waals surface area contributed by atoms with Crippen molar-refractivity contribution in [1.29, 1.82) is 0 Å². The van der Waals surface area contributed by atoms with E-state index in [9.17, 15) is 5.11 Å². The van der Waals surface area contributed by atoms with Crippen molar-refractivity contribution in [2.24, 2.45) is 0 Å². The van der Waals surface area contributed by atoms with E-state index in [2.05, 4.69) is 12.2 Å². The van der Waals surface area contributed by atoms with E-state index in [0.29, 0.717) is 26.2 Å². The van der Waals surface area contributed by atoms with E-state index >= 15 is 0 Å². The van der Waals surface area contributed by atoms with E-state index in [1.54, 1.807) is 0 Å². The van der Waals surface area contributed by atoms with Gasteiger partial charge in [-0.25, -0.2) is 0 Å². The predicted octanol–water partition coefficient (Wildman–Crippen LogP) is 0.541. The van der Waals surface area contributed by atoms with Crippen molar-refractivity contribution in [3.8, 4) is 0 Å². The minimum atomic E-state index is -0.708. The van der Waals surface area contributed by atoms with Crippen LogP contribution in [-0.2, 0) is 9.47 Å². The first-order valence-corrected chi connectivity index (χ1v) is 5.73. The van der Waals surface area contributed by atoms with Gasteiger partial charge in [-0.3, -0.25) is 0 Å². The van der Waals surface area contributed by atoms with Crippen molar-refractivity contribution in [3.05, 3.63) is 0 Å². The van der Waals surface area contributed by atoms with Gasteiger partial charge in [0.05, 0.1) is 12.7 Å². The van der Waals surface area contributed by atoms with Crippen molar-refractivity contribution >= 4 is 0 Å². The molecule has 2 N–H and O–H groups in total.